The van der Waals surface area contributed by atoms with Crippen molar-refractivity contribution >= 4 is 22.5 Å². The lowest BCUT2D eigenvalue weighted by Crippen LogP contribution is -2.13. The van der Waals surface area contributed by atoms with Gasteiger partial charge in [-0.2, -0.15) is 5.26 Å². The minimum atomic E-state index is -0.181. The molecule has 0 aliphatic carbocycles. The molecular weight excluding hydrogens is 374 g/mol. The summed E-state index contributed by atoms with van der Waals surface area (Å²) in [6, 6.07) is 26.5. The SMILES string of the molecule is N#CCc1ccc(OCc2cccc(NC(=O)c3ccnc4ccccc34)c2)cc1. The van der Waals surface area contributed by atoms with Crippen LogP contribution in [0, 0.1) is 11.3 Å². The van der Waals surface area contributed by atoms with Gasteiger partial charge in [-0.05, 0) is 47.5 Å². The quantitative estimate of drug-likeness (QED) is 0.493. The van der Waals surface area contributed by atoms with E-state index in [1.165, 1.54) is 0 Å². The van der Waals surface area contributed by atoms with Crippen LogP contribution in [-0.2, 0) is 13.0 Å². The Kier molecular flexibility index (Phi) is 5.68. The molecule has 0 radical (unpaired) electrons. The molecular formula is C25H19N3O2. The Hall–Kier alpha value is -4.17. The maximum absolute atomic E-state index is 12.8. The van der Waals surface area contributed by atoms with E-state index in [0.717, 1.165) is 27.8 Å². The first kappa shape index (κ1) is 19.2. The van der Waals surface area contributed by atoms with Crippen LogP contribution in [0.25, 0.3) is 10.9 Å². The average molecular weight is 393 g/mol. The van der Waals surface area contributed by atoms with Gasteiger partial charge >= 0.3 is 0 Å². The summed E-state index contributed by atoms with van der Waals surface area (Å²) in [5, 5.41) is 12.5. The van der Waals surface area contributed by atoms with Gasteiger partial charge in [0.05, 0.1) is 23.6 Å². The summed E-state index contributed by atoms with van der Waals surface area (Å²) >= 11 is 0. The van der Waals surface area contributed by atoms with Gasteiger partial charge in [0.1, 0.15) is 12.4 Å². The fourth-order valence-corrected chi connectivity index (χ4v) is 3.19. The third-order valence-electron chi connectivity index (χ3n) is 4.69. The smallest absolute Gasteiger partial charge is 0.256 e. The van der Waals surface area contributed by atoms with E-state index in [1.807, 2.05) is 72.8 Å². The number of carbonyl (C=O) groups is 1. The molecule has 0 atom stereocenters. The van der Waals surface area contributed by atoms with Crippen molar-refractivity contribution in [3.63, 3.8) is 0 Å². The van der Waals surface area contributed by atoms with Crippen LogP contribution in [0.5, 0.6) is 5.75 Å². The normalized spacial score (nSPS) is 10.4. The van der Waals surface area contributed by atoms with Crippen molar-refractivity contribution in [2.24, 2.45) is 0 Å². The Labute approximate surface area is 174 Å². The molecule has 146 valence electrons. The number of nitriles is 1. The number of aromatic nitrogens is 1. The summed E-state index contributed by atoms with van der Waals surface area (Å²) in [5.41, 5.74) is 3.96. The van der Waals surface area contributed by atoms with Gasteiger partial charge in [0.2, 0.25) is 0 Å². The van der Waals surface area contributed by atoms with Crippen LogP contribution in [0.4, 0.5) is 5.69 Å². The molecule has 4 aromatic rings. The van der Waals surface area contributed by atoms with E-state index in [2.05, 4.69) is 16.4 Å². The molecule has 0 saturated heterocycles. The minimum Gasteiger partial charge on any atom is -0.489 e. The molecule has 1 N–H and O–H groups in total. The van der Waals surface area contributed by atoms with Gasteiger partial charge in [-0.3, -0.25) is 9.78 Å². The Morgan fingerprint density at radius 3 is 2.63 bits per heavy atom. The number of ether oxygens (including phenoxy) is 1. The highest BCUT2D eigenvalue weighted by atomic mass is 16.5. The molecule has 0 unspecified atom stereocenters. The van der Waals surface area contributed by atoms with Crippen molar-refractivity contribution in [3.05, 3.63) is 102 Å². The molecule has 1 amide bonds. The van der Waals surface area contributed by atoms with Crippen LogP contribution in [-0.4, -0.2) is 10.9 Å². The zero-order chi connectivity index (χ0) is 20.8. The van der Waals surface area contributed by atoms with Crippen molar-refractivity contribution in [2.45, 2.75) is 13.0 Å². The number of hydrogen-bond acceptors (Lipinski definition) is 4. The summed E-state index contributed by atoms with van der Waals surface area (Å²) in [6.07, 6.45) is 2.03. The number of benzene rings is 3. The summed E-state index contributed by atoms with van der Waals surface area (Å²) in [6.45, 7) is 0.374. The Morgan fingerprint density at radius 1 is 0.967 bits per heavy atom. The highest BCUT2D eigenvalue weighted by molar-refractivity contribution is 6.12. The lowest BCUT2D eigenvalue weighted by Gasteiger charge is -2.10. The molecule has 3 aromatic carbocycles. The van der Waals surface area contributed by atoms with E-state index < -0.39 is 0 Å². The van der Waals surface area contributed by atoms with E-state index in [0.29, 0.717) is 24.3 Å². The Morgan fingerprint density at radius 2 is 1.80 bits per heavy atom. The fraction of sp³-hybridized carbons (Fsp3) is 0.0800. The first-order valence-electron chi connectivity index (χ1n) is 9.56. The lowest BCUT2D eigenvalue weighted by molar-refractivity contribution is 0.102. The number of anilines is 1. The topological polar surface area (TPSA) is 75.0 Å². The van der Waals surface area contributed by atoms with Crippen molar-refractivity contribution in [2.75, 3.05) is 5.32 Å². The maximum atomic E-state index is 12.8. The van der Waals surface area contributed by atoms with Gasteiger partial charge in [0, 0.05) is 17.3 Å². The average Bonchev–Trinajstić information content (AvgIpc) is 2.79. The third-order valence-corrected chi connectivity index (χ3v) is 4.69. The zero-order valence-electron chi connectivity index (χ0n) is 16.2. The largest absolute Gasteiger partial charge is 0.489 e. The number of rotatable bonds is 6. The molecule has 0 aliphatic rings. The van der Waals surface area contributed by atoms with E-state index in [4.69, 9.17) is 10.00 Å². The summed E-state index contributed by atoms with van der Waals surface area (Å²) in [4.78, 5) is 17.1. The molecule has 0 spiro atoms. The Balaban J connectivity index is 1.44. The first-order chi connectivity index (χ1) is 14.7. The van der Waals surface area contributed by atoms with Gasteiger partial charge in [-0.15, -0.1) is 0 Å². The highest BCUT2D eigenvalue weighted by Crippen LogP contribution is 2.20. The van der Waals surface area contributed by atoms with Crippen molar-refractivity contribution < 1.29 is 9.53 Å². The van der Waals surface area contributed by atoms with Crippen LogP contribution in [0.15, 0.2) is 85.1 Å². The van der Waals surface area contributed by atoms with Gasteiger partial charge in [0.15, 0.2) is 0 Å². The fourth-order valence-electron chi connectivity index (χ4n) is 3.19. The van der Waals surface area contributed by atoms with E-state index in [-0.39, 0.29) is 5.91 Å². The van der Waals surface area contributed by atoms with Crippen LogP contribution in [0.3, 0.4) is 0 Å². The zero-order valence-corrected chi connectivity index (χ0v) is 16.2. The molecule has 30 heavy (non-hydrogen) atoms. The third kappa shape index (κ3) is 4.45. The number of amides is 1. The summed E-state index contributed by atoms with van der Waals surface area (Å²) in [5.74, 6) is 0.550. The molecule has 5 heteroatoms. The molecule has 1 heterocycles. The van der Waals surface area contributed by atoms with E-state index >= 15 is 0 Å². The highest BCUT2D eigenvalue weighted by Gasteiger charge is 2.11. The van der Waals surface area contributed by atoms with Crippen molar-refractivity contribution in [3.8, 4) is 11.8 Å². The number of nitrogens with zero attached hydrogens (tertiary/aromatic N) is 2. The lowest BCUT2D eigenvalue weighted by atomic mass is 10.1. The van der Waals surface area contributed by atoms with Gasteiger partial charge in [-0.25, -0.2) is 0 Å². The standard InChI is InChI=1S/C25H19N3O2/c26-14-12-18-8-10-21(11-9-18)30-17-19-4-3-5-20(16-19)28-25(29)23-13-15-27-24-7-2-1-6-22(23)24/h1-11,13,15-16H,12,17H2,(H,28,29). The van der Waals surface area contributed by atoms with Crippen molar-refractivity contribution in [1.82, 2.24) is 4.98 Å². The van der Waals surface area contributed by atoms with E-state index in [1.54, 1.807) is 12.3 Å². The number of fused-ring (bicyclic) bond motifs is 1. The second kappa shape index (κ2) is 8.89. The first-order valence-corrected chi connectivity index (χ1v) is 9.56. The number of hydrogen-bond donors (Lipinski definition) is 1. The van der Waals surface area contributed by atoms with E-state index in [9.17, 15) is 4.79 Å². The van der Waals surface area contributed by atoms with Gasteiger partial charge < -0.3 is 10.1 Å². The number of para-hydroxylation sites is 1. The minimum absolute atomic E-state index is 0.181. The second-order valence-electron chi connectivity index (χ2n) is 6.80. The molecule has 0 fully saturated rings. The predicted molar refractivity (Wildman–Crippen MR) is 116 cm³/mol. The number of pyridine rings is 1. The molecule has 0 bridgehead atoms. The monoisotopic (exact) mass is 393 g/mol. The van der Waals surface area contributed by atoms with Crippen LogP contribution in [0.2, 0.25) is 0 Å². The summed E-state index contributed by atoms with van der Waals surface area (Å²) in [7, 11) is 0. The van der Waals surface area contributed by atoms with Crippen LogP contribution in [0.1, 0.15) is 21.5 Å². The van der Waals surface area contributed by atoms with Crippen molar-refractivity contribution in [1.29, 1.82) is 5.26 Å². The van der Waals surface area contributed by atoms with Crippen LogP contribution >= 0.6 is 0 Å². The predicted octanol–water partition coefficient (Wildman–Crippen LogP) is 5.13. The number of carbonyl (C=O) groups excluding carboxylic acids is 1. The number of nitrogens with one attached hydrogen (secondary N) is 1. The molecule has 0 aliphatic heterocycles. The van der Waals surface area contributed by atoms with Crippen LogP contribution < -0.4 is 10.1 Å². The molecule has 0 saturated carbocycles. The Bertz CT molecular complexity index is 1220. The van der Waals surface area contributed by atoms with Gasteiger partial charge in [0.25, 0.3) is 5.91 Å². The molecule has 5 nitrogen and oxygen atoms in total. The van der Waals surface area contributed by atoms with Gasteiger partial charge in [-0.1, -0.05) is 42.5 Å². The second-order valence-corrected chi connectivity index (χ2v) is 6.80. The maximum Gasteiger partial charge on any atom is 0.256 e. The molecule has 4 rings (SSSR count). The molecule has 1 aromatic heterocycles. The summed E-state index contributed by atoms with van der Waals surface area (Å²) < 4.78 is 5.82.